The third kappa shape index (κ3) is 3.10. The number of ether oxygens (including phenoxy) is 1. The third-order valence-corrected chi connectivity index (χ3v) is 5.29. The lowest BCUT2D eigenvalue weighted by molar-refractivity contribution is -0.119. The van der Waals surface area contributed by atoms with Crippen LogP contribution < -0.4 is 10.5 Å². The van der Waals surface area contributed by atoms with Gasteiger partial charge in [0.25, 0.3) is 0 Å². The van der Waals surface area contributed by atoms with Gasteiger partial charge in [0.05, 0.1) is 24.7 Å². The molecular formula is C21H26N4O3. The van der Waals surface area contributed by atoms with Gasteiger partial charge in [-0.3, -0.25) is 9.80 Å². The highest BCUT2D eigenvalue weighted by Gasteiger charge is 2.45. The Bertz CT molecular complexity index is 937. The first kappa shape index (κ1) is 19.8. The van der Waals surface area contributed by atoms with E-state index in [4.69, 9.17) is 10.5 Å². The van der Waals surface area contributed by atoms with E-state index in [2.05, 4.69) is 19.9 Å². The van der Waals surface area contributed by atoms with Gasteiger partial charge in [0.15, 0.2) is 17.3 Å². The number of carbonyl (C=O) groups is 1. The van der Waals surface area contributed by atoms with Crippen LogP contribution in [0.5, 0.6) is 11.5 Å². The number of benzene rings is 1. The van der Waals surface area contributed by atoms with Crippen LogP contribution in [-0.4, -0.2) is 42.1 Å². The molecule has 1 aromatic carbocycles. The van der Waals surface area contributed by atoms with E-state index in [-0.39, 0.29) is 22.7 Å². The number of rotatable bonds is 3. The molecule has 1 heterocycles. The molecule has 0 aromatic heterocycles. The molecule has 7 heteroatoms. The number of hydrazine groups is 1. The lowest BCUT2D eigenvalue weighted by Crippen LogP contribution is -2.47. The smallest absolute Gasteiger partial charge is 0.162 e. The van der Waals surface area contributed by atoms with Crippen LogP contribution in [0.25, 0.3) is 0 Å². The molecule has 1 aliphatic carbocycles. The first-order valence-corrected chi connectivity index (χ1v) is 9.11. The first-order valence-electron chi connectivity index (χ1n) is 9.11. The molecule has 0 bridgehead atoms. The minimum atomic E-state index is -0.589. The fourth-order valence-electron chi connectivity index (χ4n) is 4.16. The van der Waals surface area contributed by atoms with Crippen LogP contribution in [0.15, 0.2) is 40.9 Å². The first-order chi connectivity index (χ1) is 13.1. The summed E-state index contributed by atoms with van der Waals surface area (Å²) in [6, 6.07) is 7.08. The van der Waals surface area contributed by atoms with Crippen molar-refractivity contribution in [3.63, 3.8) is 0 Å². The Morgan fingerprint density at radius 3 is 2.61 bits per heavy atom. The second-order valence-electron chi connectivity index (χ2n) is 8.24. The van der Waals surface area contributed by atoms with Gasteiger partial charge in [-0.25, -0.2) is 5.01 Å². The van der Waals surface area contributed by atoms with Gasteiger partial charge in [-0.15, -0.1) is 0 Å². The van der Waals surface area contributed by atoms with Gasteiger partial charge in [-0.05, 0) is 29.5 Å². The number of methoxy groups -OCH3 is 1. The number of aromatic hydroxyl groups is 1. The number of allylic oxidation sites excluding steroid dienone is 3. The number of hydrogen-bond acceptors (Lipinski definition) is 7. The predicted octanol–water partition coefficient (Wildman–Crippen LogP) is 2.61. The van der Waals surface area contributed by atoms with Crippen molar-refractivity contribution in [1.82, 2.24) is 10.0 Å². The predicted molar refractivity (Wildman–Crippen MR) is 105 cm³/mol. The van der Waals surface area contributed by atoms with E-state index < -0.39 is 5.92 Å². The maximum absolute atomic E-state index is 13.2. The zero-order valence-corrected chi connectivity index (χ0v) is 16.9. The van der Waals surface area contributed by atoms with Crippen LogP contribution in [0.1, 0.15) is 38.2 Å². The second-order valence-corrected chi connectivity index (χ2v) is 8.24. The molecule has 0 saturated carbocycles. The van der Waals surface area contributed by atoms with E-state index in [1.165, 1.54) is 13.2 Å². The molecule has 0 unspecified atom stereocenters. The number of Topliss-reactive ketones (excluding diaryl/α,β-unsaturated/α-hetero) is 1. The molecule has 7 nitrogen and oxygen atoms in total. The molecule has 0 fully saturated rings. The summed E-state index contributed by atoms with van der Waals surface area (Å²) in [6.07, 6.45) is 1.06. The zero-order valence-electron chi connectivity index (χ0n) is 16.9. The summed E-state index contributed by atoms with van der Waals surface area (Å²) in [5, 5.41) is 23.4. The lowest BCUT2D eigenvalue weighted by atomic mass is 9.69. The third-order valence-electron chi connectivity index (χ3n) is 5.29. The van der Waals surface area contributed by atoms with E-state index in [1.807, 2.05) is 14.1 Å². The SMILES string of the molecule is COc1cc([C@H]2C(C#N)=C(N)N(N(C)C)C3=C2C(=O)CC(C)(C)C3)ccc1O. The van der Waals surface area contributed by atoms with Crippen molar-refractivity contribution >= 4 is 5.78 Å². The Morgan fingerprint density at radius 1 is 1.36 bits per heavy atom. The van der Waals surface area contributed by atoms with Gasteiger partial charge in [-0.1, -0.05) is 19.9 Å². The van der Waals surface area contributed by atoms with Crippen molar-refractivity contribution in [3.8, 4) is 17.6 Å². The number of nitrogens with two attached hydrogens (primary N) is 1. The maximum atomic E-state index is 13.2. The van der Waals surface area contributed by atoms with Crippen molar-refractivity contribution in [1.29, 1.82) is 5.26 Å². The zero-order chi connectivity index (χ0) is 20.8. The topological polar surface area (TPSA) is 103 Å². The van der Waals surface area contributed by atoms with Crippen molar-refractivity contribution in [2.75, 3.05) is 21.2 Å². The van der Waals surface area contributed by atoms with Gasteiger partial charge in [0, 0.05) is 31.8 Å². The quantitative estimate of drug-likeness (QED) is 0.828. The Balaban J connectivity index is 2.29. The number of hydrogen-bond donors (Lipinski definition) is 2. The number of nitrogens with zero attached hydrogens (tertiary/aromatic N) is 3. The van der Waals surface area contributed by atoms with Crippen LogP contribution in [0.3, 0.4) is 0 Å². The minimum absolute atomic E-state index is 0.00209. The molecule has 3 rings (SSSR count). The molecule has 148 valence electrons. The van der Waals surface area contributed by atoms with Gasteiger partial charge >= 0.3 is 0 Å². The molecule has 0 radical (unpaired) electrons. The van der Waals surface area contributed by atoms with Gasteiger partial charge in [0.1, 0.15) is 5.82 Å². The molecule has 1 atom stereocenters. The summed E-state index contributed by atoms with van der Waals surface area (Å²) in [6.45, 7) is 4.11. The number of ketones is 1. The summed E-state index contributed by atoms with van der Waals surface area (Å²) in [5.74, 6) is 0.0189. The van der Waals surface area contributed by atoms with Crippen molar-refractivity contribution < 1.29 is 14.6 Å². The van der Waals surface area contributed by atoms with Crippen molar-refractivity contribution in [2.45, 2.75) is 32.6 Å². The molecule has 1 aliphatic heterocycles. The second kappa shape index (κ2) is 6.88. The Hall–Kier alpha value is -2.98. The van der Waals surface area contributed by atoms with Crippen LogP contribution >= 0.6 is 0 Å². The van der Waals surface area contributed by atoms with E-state index in [0.29, 0.717) is 35.4 Å². The Kier molecular flexibility index (Phi) is 4.86. The molecular weight excluding hydrogens is 356 g/mol. The fraction of sp³-hybridized carbons (Fsp3) is 0.429. The van der Waals surface area contributed by atoms with Gasteiger partial charge in [0.2, 0.25) is 0 Å². The average Bonchev–Trinajstić information content (AvgIpc) is 2.59. The molecule has 0 amide bonds. The highest BCUT2D eigenvalue weighted by molar-refractivity contribution is 6.00. The molecule has 2 aliphatic rings. The summed E-state index contributed by atoms with van der Waals surface area (Å²) in [4.78, 5) is 13.2. The van der Waals surface area contributed by atoms with E-state index in [0.717, 1.165) is 5.70 Å². The lowest BCUT2D eigenvalue weighted by Gasteiger charge is -2.45. The summed E-state index contributed by atoms with van der Waals surface area (Å²) < 4.78 is 5.23. The molecule has 3 N–H and O–H groups in total. The van der Waals surface area contributed by atoms with E-state index in [1.54, 1.807) is 22.2 Å². The van der Waals surface area contributed by atoms with Crippen molar-refractivity contribution in [2.24, 2.45) is 11.1 Å². The number of phenols is 1. The van der Waals surface area contributed by atoms with Gasteiger partial charge in [-0.2, -0.15) is 5.26 Å². The number of nitriles is 1. The standard InChI is InChI=1S/C21H26N4O3/c1-21(2)9-14-19(16(27)10-21)18(12-6-7-15(26)17(8-12)28-5)13(11-22)20(23)25(14)24(3)4/h6-8,18,26H,9-10,23H2,1-5H3/t18-/m0/s1. The van der Waals surface area contributed by atoms with E-state index in [9.17, 15) is 15.2 Å². The molecule has 1 aromatic rings. The fourth-order valence-corrected chi connectivity index (χ4v) is 4.16. The van der Waals surface area contributed by atoms with E-state index >= 15 is 0 Å². The number of phenolic OH excluding ortho intramolecular Hbond substituents is 1. The minimum Gasteiger partial charge on any atom is -0.504 e. The highest BCUT2D eigenvalue weighted by Crippen LogP contribution is 2.49. The van der Waals surface area contributed by atoms with Crippen molar-refractivity contribution in [3.05, 3.63) is 46.4 Å². The molecule has 28 heavy (non-hydrogen) atoms. The van der Waals surface area contributed by atoms with Crippen LogP contribution in [0, 0.1) is 16.7 Å². The molecule has 0 spiro atoms. The normalized spacial score (nSPS) is 21.7. The van der Waals surface area contributed by atoms with Crippen LogP contribution in [0.4, 0.5) is 0 Å². The highest BCUT2D eigenvalue weighted by atomic mass is 16.5. The Morgan fingerprint density at radius 2 is 2.04 bits per heavy atom. The largest absolute Gasteiger partial charge is 0.504 e. The maximum Gasteiger partial charge on any atom is 0.162 e. The molecule has 0 saturated heterocycles. The summed E-state index contributed by atoms with van der Waals surface area (Å²) >= 11 is 0. The van der Waals surface area contributed by atoms with Gasteiger partial charge < -0.3 is 15.6 Å². The van der Waals surface area contributed by atoms with Crippen LogP contribution in [-0.2, 0) is 4.79 Å². The van der Waals surface area contributed by atoms with Crippen LogP contribution in [0.2, 0.25) is 0 Å². The number of carbonyl (C=O) groups excluding carboxylic acids is 1. The average molecular weight is 382 g/mol. The summed E-state index contributed by atoms with van der Waals surface area (Å²) in [5.41, 5.74) is 8.63. The Labute approximate surface area is 165 Å². The summed E-state index contributed by atoms with van der Waals surface area (Å²) in [7, 11) is 5.13. The monoisotopic (exact) mass is 382 g/mol.